The summed E-state index contributed by atoms with van der Waals surface area (Å²) in [5.74, 6) is 0.878. The van der Waals surface area contributed by atoms with Crippen molar-refractivity contribution >= 4 is 16.9 Å². The summed E-state index contributed by atoms with van der Waals surface area (Å²) >= 11 is 0. The third kappa shape index (κ3) is 2.50. The van der Waals surface area contributed by atoms with Crippen LogP contribution in [0.15, 0.2) is 59.1 Å². The number of aryl methyl sites for hydroxylation is 1. The van der Waals surface area contributed by atoms with E-state index in [2.05, 4.69) is 29.1 Å². The molecule has 4 rings (SSSR count). The number of hydrogen-bond donors (Lipinski definition) is 0. The maximum absolute atomic E-state index is 11.4. The molecule has 0 bridgehead atoms. The maximum atomic E-state index is 11.4. The number of furan rings is 1. The molecule has 5 nitrogen and oxygen atoms in total. The SMILES string of the molecule is CC(=O)c1cc2nc(-n3ccc(-c4cccc(C)c4)n3)ccc2o1. The Morgan fingerprint density at radius 1 is 1.12 bits per heavy atom. The molecule has 1 aromatic carbocycles. The first kappa shape index (κ1) is 14.4. The minimum atomic E-state index is -0.115. The Bertz CT molecular complexity index is 1060. The van der Waals surface area contributed by atoms with Crippen molar-refractivity contribution in [3.05, 3.63) is 66.1 Å². The molecule has 0 saturated carbocycles. The molecule has 0 aliphatic heterocycles. The van der Waals surface area contributed by atoms with E-state index in [-0.39, 0.29) is 5.78 Å². The second-order valence-electron chi connectivity index (χ2n) is 5.73. The van der Waals surface area contributed by atoms with Crippen molar-refractivity contribution in [3.8, 4) is 17.1 Å². The molecule has 24 heavy (non-hydrogen) atoms. The normalized spacial score (nSPS) is 11.1. The number of benzene rings is 1. The lowest BCUT2D eigenvalue weighted by Crippen LogP contribution is -1.97. The first-order valence-corrected chi connectivity index (χ1v) is 7.65. The molecule has 0 atom stereocenters. The molecule has 0 N–H and O–H groups in total. The van der Waals surface area contributed by atoms with E-state index in [0.29, 0.717) is 22.7 Å². The molecule has 0 fully saturated rings. The average molecular weight is 317 g/mol. The van der Waals surface area contributed by atoms with Gasteiger partial charge in [-0.2, -0.15) is 5.10 Å². The van der Waals surface area contributed by atoms with Gasteiger partial charge in [0.25, 0.3) is 0 Å². The van der Waals surface area contributed by atoms with E-state index in [4.69, 9.17) is 4.42 Å². The molecule has 0 aliphatic carbocycles. The smallest absolute Gasteiger partial charge is 0.195 e. The van der Waals surface area contributed by atoms with E-state index in [1.807, 2.05) is 30.5 Å². The van der Waals surface area contributed by atoms with Gasteiger partial charge in [-0.25, -0.2) is 9.67 Å². The van der Waals surface area contributed by atoms with Gasteiger partial charge in [0.15, 0.2) is 22.9 Å². The second kappa shape index (κ2) is 5.45. The topological polar surface area (TPSA) is 60.9 Å². The molecule has 0 spiro atoms. The van der Waals surface area contributed by atoms with Gasteiger partial charge in [0, 0.05) is 24.8 Å². The minimum Gasteiger partial charge on any atom is -0.451 e. The van der Waals surface area contributed by atoms with Gasteiger partial charge < -0.3 is 4.42 Å². The van der Waals surface area contributed by atoms with Crippen molar-refractivity contribution in [3.63, 3.8) is 0 Å². The van der Waals surface area contributed by atoms with Crippen LogP contribution >= 0.6 is 0 Å². The number of fused-ring (bicyclic) bond motifs is 1. The Kier molecular flexibility index (Phi) is 3.27. The number of Topliss-reactive ketones (excluding diaryl/α,β-unsaturated/α-hetero) is 1. The summed E-state index contributed by atoms with van der Waals surface area (Å²) in [6, 6.07) is 15.4. The van der Waals surface area contributed by atoms with Crippen LogP contribution in [0, 0.1) is 6.92 Å². The number of carbonyl (C=O) groups excluding carboxylic acids is 1. The van der Waals surface area contributed by atoms with E-state index >= 15 is 0 Å². The van der Waals surface area contributed by atoms with E-state index < -0.39 is 0 Å². The Morgan fingerprint density at radius 2 is 2.00 bits per heavy atom. The Morgan fingerprint density at radius 3 is 2.79 bits per heavy atom. The summed E-state index contributed by atoms with van der Waals surface area (Å²) in [4.78, 5) is 15.9. The standard InChI is InChI=1S/C19H15N3O2/c1-12-4-3-5-14(10-12)15-8-9-22(21-15)19-7-6-17-16(20-19)11-18(24-17)13(2)23/h3-11H,1-2H3. The van der Waals surface area contributed by atoms with Gasteiger partial charge in [0.05, 0.1) is 5.69 Å². The van der Waals surface area contributed by atoms with Crippen LogP contribution in [-0.4, -0.2) is 20.5 Å². The van der Waals surface area contributed by atoms with Crippen molar-refractivity contribution in [1.29, 1.82) is 0 Å². The number of carbonyl (C=O) groups is 1. The lowest BCUT2D eigenvalue weighted by Gasteiger charge is -2.01. The molecule has 0 radical (unpaired) electrons. The number of aromatic nitrogens is 3. The number of nitrogens with zero attached hydrogens (tertiary/aromatic N) is 3. The van der Waals surface area contributed by atoms with Crippen LogP contribution in [0.3, 0.4) is 0 Å². The fourth-order valence-electron chi connectivity index (χ4n) is 2.62. The summed E-state index contributed by atoms with van der Waals surface area (Å²) in [6.07, 6.45) is 1.87. The monoisotopic (exact) mass is 317 g/mol. The van der Waals surface area contributed by atoms with Crippen LogP contribution < -0.4 is 0 Å². The molecule has 0 unspecified atom stereocenters. The first-order valence-electron chi connectivity index (χ1n) is 7.65. The molecule has 5 heteroatoms. The zero-order chi connectivity index (χ0) is 16.7. The Labute approximate surface area is 138 Å². The zero-order valence-corrected chi connectivity index (χ0v) is 13.4. The van der Waals surface area contributed by atoms with Gasteiger partial charge >= 0.3 is 0 Å². The van der Waals surface area contributed by atoms with E-state index in [1.54, 1.807) is 16.8 Å². The molecule has 4 aromatic rings. The lowest BCUT2D eigenvalue weighted by atomic mass is 10.1. The molecular weight excluding hydrogens is 302 g/mol. The second-order valence-corrected chi connectivity index (χ2v) is 5.73. The third-order valence-electron chi connectivity index (χ3n) is 3.84. The van der Waals surface area contributed by atoms with Crippen LogP contribution in [0.4, 0.5) is 0 Å². The molecule has 0 amide bonds. The number of hydrogen-bond acceptors (Lipinski definition) is 4. The van der Waals surface area contributed by atoms with E-state index in [1.165, 1.54) is 12.5 Å². The average Bonchev–Trinajstić information content (AvgIpc) is 3.21. The molecular formula is C19H15N3O2. The highest BCUT2D eigenvalue weighted by atomic mass is 16.3. The highest BCUT2D eigenvalue weighted by molar-refractivity contribution is 5.95. The van der Waals surface area contributed by atoms with E-state index in [0.717, 1.165) is 11.3 Å². The summed E-state index contributed by atoms with van der Waals surface area (Å²) < 4.78 is 7.19. The van der Waals surface area contributed by atoms with Crippen molar-refractivity contribution in [2.24, 2.45) is 0 Å². The molecule has 0 saturated heterocycles. The van der Waals surface area contributed by atoms with Gasteiger partial charge in [-0.05, 0) is 31.2 Å². The number of rotatable bonds is 3. The van der Waals surface area contributed by atoms with Gasteiger partial charge in [-0.15, -0.1) is 0 Å². The fourth-order valence-corrected chi connectivity index (χ4v) is 2.62. The molecule has 3 heterocycles. The van der Waals surface area contributed by atoms with Gasteiger partial charge in [-0.1, -0.05) is 23.8 Å². The fraction of sp³-hybridized carbons (Fsp3) is 0.105. The van der Waals surface area contributed by atoms with E-state index in [9.17, 15) is 4.79 Å². The Hall–Kier alpha value is -3.21. The van der Waals surface area contributed by atoms with Crippen LogP contribution in [0.2, 0.25) is 0 Å². The van der Waals surface area contributed by atoms with Crippen molar-refractivity contribution < 1.29 is 9.21 Å². The predicted octanol–water partition coefficient (Wildman–Crippen LogP) is 4.19. The Balaban J connectivity index is 1.74. The summed E-state index contributed by atoms with van der Waals surface area (Å²) in [5, 5.41) is 4.60. The first-order chi connectivity index (χ1) is 11.6. The van der Waals surface area contributed by atoms with Crippen LogP contribution in [0.5, 0.6) is 0 Å². The quantitative estimate of drug-likeness (QED) is 0.532. The molecule has 0 aliphatic rings. The number of ketones is 1. The highest BCUT2D eigenvalue weighted by Crippen LogP contribution is 2.22. The van der Waals surface area contributed by atoms with Gasteiger partial charge in [0.2, 0.25) is 0 Å². The highest BCUT2D eigenvalue weighted by Gasteiger charge is 2.11. The third-order valence-corrected chi connectivity index (χ3v) is 3.84. The van der Waals surface area contributed by atoms with Crippen molar-refractivity contribution in [1.82, 2.24) is 14.8 Å². The van der Waals surface area contributed by atoms with Crippen LogP contribution in [0.25, 0.3) is 28.2 Å². The number of pyridine rings is 1. The molecule has 3 aromatic heterocycles. The predicted molar refractivity (Wildman–Crippen MR) is 91.3 cm³/mol. The minimum absolute atomic E-state index is 0.115. The van der Waals surface area contributed by atoms with Crippen LogP contribution in [-0.2, 0) is 0 Å². The summed E-state index contributed by atoms with van der Waals surface area (Å²) in [7, 11) is 0. The summed E-state index contributed by atoms with van der Waals surface area (Å²) in [6.45, 7) is 3.53. The van der Waals surface area contributed by atoms with Crippen molar-refractivity contribution in [2.45, 2.75) is 13.8 Å². The van der Waals surface area contributed by atoms with Gasteiger partial charge in [-0.3, -0.25) is 4.79 Å². The summed E-state index contributed by atoms with van der Waals surface area (Å²) in [5.41, 5.74) is 4.38. The maximum Gasteiger partial charge on any atom is 0.195 e. The lowest BCUT2D eigenvalue weighted by molar-refractivity contribution is 0.0989. The van der Waals surface area contributed by atoms with Gasteiger partial charge in [0.1, 0.15) is 5.52 Å². The zero-order valence-electron chi connectivity index (χ0n) is 13.4. The molecule has 118 valence electrons. The van der Waals surface area contributed by atoms with Crippen LogP contribution in [0.1, 0.15) is 23.0 Å². The van der Waals surface area contributed by atoms with Crippen molar-refractivity contribution in [2.75, 3.05) is 0 Å². The largest absolute Gasteiger partial charge is 0.451 e.